The predicted molar refractivity (Wildman–Crippen MR) is 72.7 cm³/mol. The lowest BCUT2D eigenvalue weighted by atomic mass is 9.89. The molecular weight excluding hydrogens is 256 g/mol. The summed E-state index contributed by atoms with van der Waals surface area (Å²) in [6.45, 7) is 0. The van der Waals surface area contributed by atoms with E-state index in [1.807, 2.05) is 6.07 Å². The fourth-order valence-electron chi connectivity index (χ4n) is 2.45. The van der Waals surface area contributed by atoms with Gasteiger partial charge in [-0.2, -0.15) is 0 Å². The van der Waals surface area contributed by atoms with Gasteiger partial charge >= 0.3 is 6.01 Å². The van der Waals surface area contributed by atoms with E-state index in [1.165, 1.54) is 6.42 Å². The lowest BCUT2D eigenvalue weighted by Crippen LogP contribution is -2.24. The van der Waals surface area contributed by atoms with Crippen molar-refractivity contribution < 1.29 is 9.21 Å². The van der Waals surface area contributed by atoms with Crippen LogP contribution in [0.4, 0.5) is 6.01 Å². The summed E-state index contributed by atoms with van der Waals surface area (Å²) in [7, 11) is 0. The van der Waals surface area contributed by atoms with E-state index in [-0.39, 0.29) is 17.8 Å². The zero-order chi connectivity index (χ0) is 13.8. The number of nitrogens with one attached hydrogen (secondary N) is 1. The number of hydrogen-bond acceptors (Lipinski definition) is 5. The maximum Gasteiger partial charge on any atom is 0.322 e. The van der Waals surface area contributed by atoms with Crippen LogP contribution in [0.1, 0.15) is 32.1 Å². The van der Waals surface area contributed by atoms with Gasteiger partial charge in [0.2, 0.25) is 5.91 Å². The summed E-state index contributed by atoms with van der Waals surface area (Å²) < 4.78 is 5.44. The second kappa shape index (κ2) is 5.81. The SMILES string of the molecule is O=C(Nc1nnc(-c2cccnc2)o1)C1CCCCC1. The van der Waals surface area contributed by atoms with Gasteiger partial charge in [-0.3, -0.25) is 15.1 Å². The third-order valence-corrected chi connectivity index (χ3v) is 3.54. The summed E-state index contributed by atoms with van der Waals surface area (Å²) in [4.78, 5) is 16.1. The van der Waals surface area contributed by atoms with Crippen molar-refractivity contribution in [3.8, 4) is 11.5 Å². The molecule has 1 amide bonds. The van der Waals surface area contributed by atoms with Gasteiger partial charge < -0.3 is 4.42 Å². The molecule has 1 aliphatic rings. The first kappa shape index (κ1) is 12.8. The van der Waals surface area contributed by atoms with Crippen LogP contribution in [0, 0.1) is 5.92 Å². The summed E-state index contributed by atoms with van der Waals surface area (Å²) >= 11 is 0. The third-order valence-electron chi connectivity index (χ3n) is 3.54. The molecule has 0 radical (unpaired) electrons. The summed E-state index contributed by atoms with van der Waals surface area (Å²) in [5.74, 6) is 0.403. The van der Waals surface area contributed by atoms with Crippen molar-refractivity contribution in [1.82, 2.24) is 15.2 Å². The van der Waals surface area contributed by atoms with Gasteiger partial charge in [-0.15, -0.1) is 5.10 Å². The van der Waals surface area contributed by atoms with Crippen LogP contribution < -0.4 is 5.32 Å². The summed E-state index contributed by atoms with van der Waals surface area (Å²) in [6, 6.07) is 3.77. The van der Waals surface area contributed by atoms with Gasteiger partial charge in [0.05, 0.1) is 5.56 Å². The third kappa shape index (κ3) is 2.84. The van der Waals surface area contributed by atoms with Gasteiger partial charge in [-0.25, -0.2) is 0 Å². The average Bonchev–Trinajstić information content (AvgIpc) is 2.97. The zero-order valence-corrected chi connectivity index (χ0v) is 11.1. The number of rotatable bonds is 3. The highest BCUT2D eigenvalue weighted by molar-refractivity contribution is 5.90. The van der Waals surface area contributed by atoms with Crippen LogP contribution in [0.5, 0.6) is 0 Å². The minimum atomic E-state index is -0.0221. The number of aromatic nitrogens is 3. The van der Waals surface area contributed by atoms with E-state index < -0.39 is 0 Å². The van der Waals surface area contributed by atoms with Gasteiger partial charge in [0.25, 0.3) is 5.89 Å². The Labute approximate surface area is 116 Å². The van der Waals surface area contributed by atoms with Gasteiger partial charge in [-0.05, 0) is 25.0 Å². The van der Waals surface area contributed by atoms with Crippen LogP contribution >= 0.6 is 0 Å². The van der Waals surface area contributed by atoms with Crippen LogP contribution in [0.15, 0.2) is 28.9 Å². The Morgan fingerprint density at radius 3 is 2.85 bits per heavy atom. The smallest absolute Gasteiger partial charge is 0.322 e. The van der Waals surface area contributed by atoms with E-state index in [2.05, 4.69) is 20.5 Å². The molecule has 3 rings (SSSR count). The van der Waals surface area contributed by atoms with Crippen molar-refractivity contribution in [3.05, 3.63) is 24.5 Å². The molecule has 0 saturated heterocycles. The lowest BCUT2D eigenvalue weighted by Gasteiger charge is -2.19. The highest BCUT2D eigenvalue weighted by Gasteiger charge is 2.22. The quantitative estimate of drug-likeness (QED) is 0.929. The van der Waals surface area contributed by atoms with Crippen LogP contribution in [-0.4, -0.2) is 21.1 Å². The van der Waals surface area contributed by atoms with E-state index in [9.17, 15) is 4.79 Å². The predicted octanol–water partition coefficient (Wildman–Crippen LogP) is 2.65. The standard InChI is InChI=1S/C14H16N4O2/c19-12(10-5-2-1-3-6-10)16-14-18-17-13(20-14)11-7-4-8-15-9-11/h4,7-10H,1-3,5-6H2,(H,16,18,19). The summed E-state index contributed by atoms with van der Waals surface area (Å²) in [5, 5.41) is 10.5. The first-order valence-corrected chi connectivity index (χ1v) is 6.88. The molecule has 0 unspecified atom stereocenters. The van der Waals surface area contributed by atoms with E-state index in [0.717, 1.165) is 31.2 Å². The first-order valence-electron chi connectivity index (χ1n) is 6.88. The number of carbonyl (C=O) groups excluding carboxylic acids is 1. The zero-order valence-electron chi connectivity index (χ0n) is 11.1. The molecule has 6 heteroatoms. The average molecular weight is 272 g/mol. The molecule has 6 nitrogen and oxygen atoms in total. The Hall–Kier alpha value is -2.24. The van der Waals surface area contributed by atoms with Gasteiger partial charge in [0.1, 0.15) is 0 Å². The molecular formula is C14H16N4O2. The molecule has 104 valence electrons. The second-order valence-electron chi connectivity index (χ2n) is 4.98. The van der Waals surface area contributed by atoms with E-state index in [4.69, 9.17) is 4.42 Å². The van der Waals surface area contributed by atoms with E-state index in [1.54, 1.807) is 18.5 Å². The molecule has 1 saturated carbocycles. The summed E-state index contributed by atoms with van der Waals surface area (Å²) in [5.41, 5.74) is 0.734. The van der Waals surface area contributed by atoms with Crippen molar-refractivity contribution in [2.75, 3.05) is 5.32 Å². The molecule has 1 N–H and O–H groups in total. The fraction of sp³-hybridized carbons (Fsp3) is 0.429. The molecule has 1 fully saturated rings. The van der Waals surface area contributed by atoms with Crippen molar-refractivity contribution in [2.45, 2.75) is 32.1 Å². The molecule has 2 aromatic heterocycles. The van der Waals surface area contributed by atoms with E-state index >= 15 is 0 Å². The molecule has 0 bridgehead atoms. The highest BCUT2D eigenvalue weighted by Crippen LogP contribution is 2.25. The largest absolute Gasteiger partial charge is 0.403 e. The minimum Gasteiger partial charge on any atom is -0.403 e. The number of carbonyl (C=O) groups is 1. The number of amides is 1. The van der Waals surface area contributed by atoms with Crippen LogP contribution in [0.2, 0.25) is 0 Å². The van der Waals surface area contributed by atoms with Crippen molar-refractivity contribution in [1.29, 1.82) is 0 Å². The molecule has 0 aromatic carbocycles. The maximum absolute atomic E-state index is 12.1. The van der Waals surface area contributed by atoms with E-state index in [0.29, 0.717) is 5.89 Å². The lowest BCUT2D eigenvalue weighted by molar-refractivity contribution is -0.120. The Balaban J connectivity index is 1.66. The van der Waals surface area contributed by atoms with Crippen molar-refractivity contribution in [2.24, 2.45) is 5.92 Å². The van der Waals surface area contributed by atoms with Crippen LogP contribution in [0.3, 0.4) is 0 Å². The molecule has 2 heterocycles. The molecule has 0 aliphatic heterocycles. The van der Waals surface area contributed by atoms with Crippen molar-refractivity contribution >= 4 is 11.9 Å². The van der Waals surface area contributed by atoms with Gasteiger partial charge in [0.15, 0.2) is 0 Å². The minimum absolute atomic E-state index is 0.0221. The Morgan fingerprint density at radius 2 is 2.10 bits per heavy atom. The van der Waals surface area contributed by atoms with Crippen LogP contribution in [0.25, 0.3) is 11.5 Å². The molecule has 0 atom stereocenters. The molecule has 2 aromatic rings. The van der Waals surface area contributed by atoms with Gasteiger partial charge in [0, 0.05) is 18.3 Å². The molecule has 20 heavy (non-hydrogen) atoms. The monoisotopic (exact) mass is 272 g/mol. The molecule has 0 spiro atoms. The highest BCUT2D eigenvalue weighted by atomic mass is 16.4. The fourth-order valence-corrected chi connectivity index (χ4v) is 2.45. The van der Waals surface area contributed by atoms with Crippen molar-refractivity contribution in [3.63, 3.8) is 0 Å². The number of nitrogens with zero attached hydrogens (tertiary/aromatic N) is 3. The molecule has 1 aliphatic carbocycles. The Kier molecular flexibility index (Phi) is 3.71. The second-order valence-corrected chi connectivity index (χ2v) is 4.98. The van der Waals surface area contributed by atoms with Crippen LogP contribution in [-0.2, 0) is 4.79 Å². The Morgan fingerprint density at radius 1 is 1.25 bits per heavy atom. The number of hydrogen-bond donors (Lipinski definition) is 1. The first-order chi connectivity index (χ1) is 9.83. The number of anilines is 1. The van der Waals surface area contributed by atoms with Gasteiger partial charge in [-0.1, -0.05) is 24.4 Å². The Bertz CT molecular complexity index is 576. The normalized spacial score (nSPS) is 16.0. The summed E-state index contributed by atoms with van der Waals surface area (Å²) in [6.07, 6.45) is 8.64. The topological polar surface area (TPSA) is 80.9 Å². The maximum atomic E-state index is 12.1. The number of pyridine rings is 1.